The van der Waals surface area contributed by atoms with Crippen molar-refractivity contribution in [2.45, 2.75) is 27.3 Å². The average molecular weight is 257 g/mol. The Bertz CT molecular complexity index is 594. The van der Waals surface area contributed by atoms with Gasteiger partial charge in [0.2, 0.25) is 0 Å². The minimum absolute atomic E-state index is 0.120. The highest BCUT2D eigenvalue weighted by molar-refractivity contribution is 5.95. The highest BCUT2D eigenvalue weighted by Crippen LogP contribution is 2.19. The number of carbonyl (C=O) groups excluding carboxylic acids is 1. The largest absolute Gasteiger partial charge is 0.497 e. The van der Waals surface area contributed by atoms with Crippen molar-refractivity contribution in [1.82, 2.24) is 4.57 Å². The van der Waals surface area contributed by atoms with Crippen LogP contribution >= 0.6 is 0 Å². The van der Waals surface area contributed by atoms with Crippen LogP contribution in [0.25, 0.3) is 0 Å². The highest BCUT2D eigenvalue weighted by Gasteiger charge is 2.12. The van der Waals surface area contributed by atoms with Gasteiger partial charge in [-0.05, 0) is 44.5 Å². The number of carbonyl (C=O) groups is 1. The maximum atomic E-state index is 11.5. The summed E-state index contributed by atoms with van der Waals surface area (Å²) >= 11 is 0. The summed E-state index contributed by atoms with van der Waals surface area (Å²) in [6.45, 7) is 6.41. The van der Waals surface area contributed by atoms with Gasteiger partial charge in [0.1, 0.15) is 5.75 Å². The highest BCUT2D eigenvalue weighted by atomic mass is 16.5. The fraction of sp³-hybridized carbons (Fsp3) is 0.312. The van der Waals surface area contributed by atoms with Gasteiger partial charge in [-0.1, -0.05) is 12.1 Å². The molecule has 0 atom stereocenters. The SMILES string of the molecule is COc1ccc(Cn2c(C)cc(C(C)=O)c2C)cc1. The van der Waals surface area contributed by atoms with Gasteiger partial charge >= 0.3 is 0 Å². The first kappa shape index (κ1) is 13.4. The zero-order chi connectivity index (χ0) is 14.0. The van der Waals surface area contributed by atoms with E-state index in [0.29, 0.717) is 0 Å². The van der Waals surface area contributed by atoms with Crippen LogP contribution in [0.2, 0.25) is 0 Å². The van der Waals surface area contributed by atoms with Crippen LogP contribution in [0.3, 0.4) is 0 Å². The second kappa shape index (κ2) is 5.31. The third-order valence-electron chi connectivity index (χ3n) is 3.45. The minimum Gasteiger partial charge on any atom is -0.497 e. The predicted octanol–water partition coefficient (Wildman–Crippen LogP) is 3.36. The summed E-state index contributed by atoms with van der Waals surface area (Å²) in [4.78, 5) is 11.5. The lowest BCUT2D eigenvalue weighted by Gasteiger charge is -2.10. The van der Waals surface area contributed by atoms with E-state index < -0.39 is 0 Å². The number of ketones is 1. The van der Waals surface area contributed by atoms with E-state index in [-0.39, 0.29) is 5.78 Å². The number of nitrogens with zero attached hydrogens (tertiary/aromatic N) is 1. The number of methoxy groups -OCH3 is 1. The molecule has 0 aliphatic heterocycles. The Morgan fingerprint density at radius 2 is 1.84 bits per heavy atom. The maximum absolute atomic E-state index is 11.5. The fourth-order valence-corrected chi connectivity index (χ4v) is 2.31. The molecule has 0 bridgehead atoms. The number of aryl methyl sites for hydroxylation is 1. The number of rotatable bonds is 4. The van der Waals surface area contributed by atoms with Crippen LogP contribution in [0.4, 0.5) is 0 Å². The second-order valence-corrected chi connectivity index (χ2v) is 4.78. The molecular formula is C16H19NO2. The number of hydrogen-bond acceptors (Lipinski definition) is 2. The lowest BCUT2D eigenvalue weighted by Crippen LogP contribution is -2.05. The van der Waals surface area contributed by atoms with Gasteiger partial charge in [-0.3, -0.25) is 4.79 Å². The smallest absolute Gasteiger partial charge is 0.161 e. The number of ether oxygens (including phenoxy) is 1. The molecule has 3 nitrogen and oxygen atoms in total. The van der Waals surface area contributed by atoms with E-state index in [0.717, 1.165) is 29.2 Å². The lowest BCUT2D eigenvalue weighted by atomic mass is 10.2. The first-order chi connectivity index (χ1) is 9.02. The third-order valence-corrected chi connectivity index (χ3v) is 3.45. The van der Waals surface area contributed by atoms with E-state index in [1.165, 1.54) is 5.56 Å². The van der Waals surface area contributed by atoms with Crippen molar-refractivity contribution in [3.8, 4) is 5.75 Å². The molecular weight excluding hydrogens is 238 g/mol. The van der Waals surface area contributed by atoms with Crippen molar-refractivity contribution in [3.63, 3.8) is 0 Å². The van der Waals surface area contributed by atoms with Gasteiger partial charge in [0.05, 0.1) is 7.11 Å². The Morgan fingerprint density at radius 3 is 2.32 bits per heavy atom. The molecule has 3 heteroatoms. The first-order valence-corrected chi connectivity index (χ1v) is 6.33. The molecule has 19 heavy (non-hydrogen) atoms. The van der Waals surface area contributed by atoms with Gasteiger partial charge in [0, 0.05) is 23.5 Å². The molecule has 100 valence electrons. The fourth-order valence-electron chi connectivity index (χ4n) is 2.31. The lowest BCUT2D eigenvalue weighted by molar-refractivity contribution is 0.101. The van der Waals surface area contributed by atoms with Gasteiger partial charge in [0.25, 0.3) is 0 Å². The van der Waals surface area contributed by atoms with Gasteiger partial charge in [-0.2, -0.15) is 0 Å². The molecule has 2 rings (SSSR count). The summed E-state index contributed by atoms with van der Waals surface area (Å²) in [5, 5.41) is 0. The number of aromatic nitrogens is 1. The van der Waals surface area contributed by atoms with Crippen LogP contribution in [0.5, 0.6) is 5.75 Å². The molecule has 0 aliphatic rings. The van der Waals surface area contributed by atoms with E-state index in [9.17, 15) is 4.79 Å². The predicted molar refractivity (Wildman–Crippen MR) is 76.0 cm³/mol. The van der Waals surface area contributed by atoms with Crippen molar-refractivity contribution in [2.75, 3.05) is 7.11 Å². The maximum Gasteiger partial charge on any atom is 0.161 e. The Morgan fingerprint density at radius 1 is 1.21 bits per heavy atom. The van der Waals surface area contributed by atoms with Crippen LogP contribution in [0, 0.1) is 13.8 Å². The number of benzene rings is 1. The van der Waals surface area contributed by atoms with Crippen LogP contribution < -0.4 is 4.74 Å². The van der Waals surface area contributed by atoms with E-state index in [4.69, 9.17) is 4.74 Å². The minimum atomic E-state index is 0.120. The molecule has 1 heterocycles. The number of hydrogen-bond donors (Lipinski definition) is 0. The Kier molecular flexibility index (Phi) is 3.74. The van der Waals surface area contributed by atoms with Crippen molar-refractivity contribution in [1.29, 1.82) is 0 Å². The molecule has 0 unspecified atom stereocenters. The van der Waals surface area contributed by atoms with E-state index >= 15 is 0 Å². The van der Waals surface area contributed by atoms with Crippen molar-refractivity contribution in [2.24, 2.45) is 0 Å². The molecule has 0 fully saturated rings. The van der Waals surface area contributed by atoms with Gasteiger partial charge in [0.15, 0.2) is 5.78 Å². The summed E-state index contributed by atoms with van der Waals surface area (Å²) in [5.41, 5.74) is 4.14. The summed E-state index contributed by atoms with van der Waals surface area (Å²) in [6.07, 6.45) is 0. The molecule has 0 aliphatic carbocycles. The molecule has 1 aromatic heterocycles. The first-order valence-electron chi connectivity index (χ1n) is 6.33. The zero-order valence-corrected chi connectivity index (χ0v) is 11.9. The molecule has 0 saturated carbocycles. The summed E-state index contributed by atoms with van der Waals surface area (Å²) in [7, 11) is 1.66. The summed E-state index contributed by atoms with van der Waals surface area (Å²) in [6, 6.07) is 9.96. The van der Waals surface area contributed by atoms with Crippen LogP contribution in [0.1, 0.15) is 34.2 Å². The van der Waals surface area contributed by atoms with Crippen LogP contribution in [-0.2, 0) is 6.54 Å². The quantitative estimate of drug-likeness (QED) is 0.786. The summed E-state index contributed by atoms with van der Waals surface area (Å²) in [5.74, 6) is 0.975. The van der Waals surface area contributed by atoms with Crippen molar-refractivity contribution in [3.05, 3.63) is 52.8 Å². The van der Waals surface area contributed by atoms with E-state index in [1.54, 1.807) is 14.0 Å². The van der Waals surface area contributed by atoms with Gasteiger partial charge in [-0.25, -0.2) is 0 Å². The Labute approximate surface area is 113 Å². The average Bonchev–Trinajstić information content (AvgIpc) is 2.68. The summed E-state index contributed by atoms with van der Waals surface area (Å²) < 4.78 is 7.32. The molecule has 1 aromatic carbocycles. The van der Waals surface area contributed by atoms with Crippen LogP contribution in [-0.4, -0.2) is 17.5 Å². The molecule has 0 amide bonds. The Hall–Kier alpha value is -2.03. The number of Topliss-reactive ketones (excluding diaryl/α,β-unsaturated/α-hetero) is 1. The molecule has 0 saturated heterocycles. The molecule has 0 radical (unpaired) electrons. The Balaban J connectivity index is 2.30. The topological polar surface area (TPSA) is 31.2 Å². The van der Waals surface area contributed by atoms with Crippen molar-refractivity contribution < 1.29 is 9.53 Å². The van der Waals surface area contributed by atoms with Crippen molar-refractivity contribution >= 4 is 5.78 Å². The molecule has 2 aromatic rings. The van der Waals surface area contributed by atoms with Crippen LogP contribution in [0.15, 0.2) is 30.3 Å². The normalized spacial score (nSPS) is 10.5. The molecule has 0 N–H and O–H groups in total. The van der Waals surface area contributed by atoms with E-state index in [2.05, 4.69) is 4.57 Å². The van der Waals surface area contributed by atoms with Gasteiger partial charge in [-0.15, -0.1) is 0 Å². The standard InChI is InChI=1S/C16H19NO2/c1-11-9-16(13(3)18)12(2)17(11)10-14-5-7-15(19-4)8-6-14/h5-9H,10H2,1-4H3. The van der Waals surface area contributed by atoms with E-state index in [1.807, 2.05) is 44.2 Å². The third kappa shape index (κ3) is 2.70. The second-order valence-electron chi connectivity index (χ2n) is 4.78. The monoisotopic (exact) mass is 257 g/mol. The zero-order valence-electron chi connectivity index (χ0n) is 11.9. The molecule has 0 spiro atoms. The van der Waals surface area contributed by atoms with Gasteiger partial charge < -0.3 is 9.30 Å².